The first-order chi connectivity index (χ1) is 11.9. The van der Waals surface area contributed by atoms with Crippen LogP contribution in [0.15, 0.2) is 34.5 Å². The molecule has 2 heterocycles. The number of nitrogens with one attached hydrogen (secondary N) is 1. The highest BCUT2D eigenvalue weighted by Crippen LogP contribution is 2.36. The molecule has 2 aliphatic rings. The average Bonchev–Trinajstić information content (AvgIpc) is 3.31. The van der Waals surface area contributed by atoms with Gasteiger partial charge in [0.25, 0.3) is 10.0 Å². The molecule has 25 heavy (non-hydrogen) atoms. The first-order valence-corrected chi connectivity index (χ1v) is 10.4. The Bertz CT molecular complexity index is 935. The Morgan fingerprint density at radius 1 is 1.28 bits per heavy atom. The van der Waals surface area contributed by atoms with E-state index in [9.17, 15) is 17.6 Å². The maximum Gasteiger partial charge on any atom is 0.271 e. The van der Waals surface area contributed by atoms with Crippen molar-refractivity contribution < 1.29 is 17.6 Å². The van der Waals surface area contributed by atoms with Gasteiger partial charge >= 0.3 is 0 Å². The van der Waals surface area contributed by atoms with Crippen LogP contribution in [0.2, 0.25) is 0 Å². The lowest BCUT2D eigenvalue weighted by Gasteiger charge is -2.26. The number of hydrogen-bond donors (Lipinski definition) is 1. The number of sulfonamides is 1. The van der Waals surface area contributed by atoms with Crippen LogP contribution >= 0.6 is 11.3 Å². The van der Waals surface area contributed by atoms with Gasteiger partial charge in [0.2, 0.25) is 5.91 Å². The Morgan fingerprint density at radius 2 is 2.08 bits per heavy atom. The van der Waals surface area contributed by atoms with Gasteiger partial charge in [0, 0.05) is 23.9 Å². The molecule has 0 spiro atoms. The molecule has 0 saturated heterocycles. The molecule has 0 radical (unpaired) electrons. The third-order valence-corrected chi connectivity index (χ3v) is 7.52. The van der Waals surface area contributed by atoms with Crippen LogP contribution in [0.5, 0.6) is 0 Å². The van der Waals surface area contributed by atoms with Gasteiger partial charge in [-0.2, -0.15) is 0 Å². The number of anilines is 1. The van der Waals surface area contributed by atoms with Crippen LogP contribution < -0.4 is 4.72 Å². The molecule has 8 heteroatoms. The minimum Gasteiger partial charge on any atom is -0.338 e. The summed E-state index contributed by atoms with van der Waals surface area (Å²) in [7, 11) is -3.77. The van der Waals surface area contributed by atoms with Gasteiger partial charge in [-0.05, 0) is 49.1 Å². The van der Waals surface area contributed by atoms with E-state index in [0.717, 1.165) is 29.3 Å². The first kappa shape index (κ1) is 16.5. The summed E-state index contributed by atoms with van der Waals surface area (Å²) in [5, 5.41) is 0. The van der Waals surface area contributed by atoms with Crippen molar-refractivity contribution in [2.75, 3.05) is 11.3 Å². The van der Waals surface area contributed by atoms with Crippen molar-refractivity contribution in [3.63, 3.8) is 0 Å². The fraction of sp³-hybridized carbons (Fsp3) is 0.353. The molecule has 1 N–H and O–H groups in total. The maximum atomic E-state index is 13.2. The van der Waals surface area contributed by atoms with Crippen LogP contribution in [-0.2, 0) is 27.8 Å². The second kappa shape index (κ2) is 6.10. The highest BCUT2D eigenvalue weighted by molar-refractivity contribution is 7.94. The van der Waals surface area contributed by atoms with E-state index in [1.807, 2.05) is 4.90 Å². The number of thiophene rings is 1. The molecule has 1 aromatic carbocycles. The van der Waals surface area contributed by atoms with Crippen molar-refractivity contribution in [2.45, 2.75) is 30.0 Å². The van der Waals surface area contributed by atoms with E-state index in [2.05, 4.69) is 4.72 Å². The van der Waals surface area contributed by atoms with Gasteiger partial charge in [0.15, 0.2) is 0 Å². The van der Waals surface area contributed by atoms with Gasteiger partial charge in [-0.3, -0.25) is 9.52 Å². The Labute approximate surface area is 149 Å². The van der Waals surface area contributed by atoms with E-state index in [-0.39, 0.29) is 21.7 Å². The Balaban J connectivity index is 1.55. The summed E-state index contributed by atoms with van der Waals surface area (Å²) >= 11 is 1.22. The third kappa shape index (κ3) is 3.41. The number of benzene rings is 1. The molecule has 0 bridgehead atoms. The van der Waals surface area contributed by atoms with Crippen molar-refractivity contribution in [3.05, 3.63) is 46.6 Å². The molecule has 1 aliphatic heterocycles. The number of fused-ring (bicyclic) bond motifs is 1. The number of carbonyl (C=O) groups is 1. The normalized spacial score (nSPS) is 17.2. The van der Waals surface area contributed by atoms with Crippen LogP contribution in [0.4, 0.5) is 10.1 Å². The molecule has 1 aliphatic carbocycles. The molecule has 1 amide bonds. The van der Waals surface area contributed by atoms with Gasteiger partial charge in [-0.1, -0.05) is 6.07 Å². The standard InChI is InChI=1S/C17H17FN2O3S2/c18-13-2-1-3-14(9-13)19-25(22,23)16-8-12-10-20(7-6-15(12)24-16)17(21)11-4-5-11/h1-3,8-9,11,19H,4-7,10H2. The molecule has 0 unspecified atom stereocenters. The highest BCUT2D eigenvalue weighted by Gasteiger charge is 2.35. The largest absolute Gasteiger partial charge is 0.338 e. The Kier molecular flexibility index (Phi) is 4.04. The predicted molar refractivity (Wildman–Crippen MR) is 93.4 cm³/mol. The number of hydrogen-bond acceptors (Lipinski definition) is 4. The topological polar surface area (TPSA) is 66.5 Å². The second-order valence-corrected chi connectivity index (χ2v) is 9.46. The van der Waals surface area contributed by atoms with Crippen molar-refractivity contribution in [3.8, 4) is 0 Å². The molecule has 4 rings (SSSR count). The van der Waals surface area contributed by atoms with Crippen molar-refractivity contribution >= 4 is 33.0 Å². The molecule has 5 nitrogen and oxygen atoms in total. The van der Waals surface area contributed by atoms with Crippen LogP contribution in [0.3, 0.4) is 0 Å². The van der Waals surface area contributed by atoms with E-state index in [1.54, 1.807) is 6.07 Å². The van der Waals surface area contributed by atoms with Crippen molar-refractivity contribution in [1.82, 2.24) is 4.90 Å². The predicted octanol–water partition coefficient (Wildman–Crippen LogP) is 2.98. The lowest BCUT2D eigenvalue weighted by atomic mass is 10.1. The van der Waals surface area contributed by atoms with Gasteiger partial charge in [0.05, 0.1) is 5.69 Å². The van der Waals surface area contributed by atoms with E-state index in [0.29, 0.717) is 19.5 Å². The molecule has 2 aromatic rings. The van der Waals surface area contributed by atoms with Crippen molar-refractivity contribution in [1.29, 1.82) is 0 Å². The number of carbonyl (C=O) groups excluding carboxylic acids is 1. The van der Waals surface area contributed by atoms with Crippen LogP contribution in [-0.4, -0.2) is 25.8 Å². The summed E-state index contributed by atoms with van der Waals surface area (Å²) in [6, 6.07) is 6.99. The molecule has 0 atom stereocenters. The minimum atomic E-state index is -3.77. The Hall–Kier alpha value is -1.93. The number of rotatable bonds is 4. The molecule has 1 fully saturated rings. The summed E-state index contributed by atoms with van der Waals surface area (Å²) in [5.41, 5.74) is 1.08. The lowest BCUT2D eigenvalue weighted by molar-refractivity contribution is -0.133. The lowest BCUT2D eigenvalue weighted by Crippen LogP contribution is -2.36. The van der Waals surface area contributed by atoms with Gasteiger partial charge in [-0.15, -0.1) is 11.3 Å². The molecular formula is C17H17FN2O3S2. The highest BCUT2D eigenvalue weighted by atomic mass is 32.2. The first-order valence-electron chi connectivity index (χ1n) is 8.11. The van der Waals surface area contributed by atoms with E-state index >= 15 is 0 Å². The van der Waals surface area contributed by atoms with Crippen LogP contribution in [0, 0.1) is 11.7 Å². The van der Waals surface area contributed by atoms with E-state index in [1.165, 1.54) is 29.5 Å². The van der Waals surface area contributed by atoms with Crippen LogP contribution in [0.25, 0.3) is 0 Å². The summed E-state index contributed by atoms with van der Waals surface area (Å²) in [6.07, 6.45) is 2.60. The van der Waals surface area contributed by atoms with Gasteiger partial charge in [0.1, 0.15) is 10.0 Å². The minimum absolute atomic E-state index is 0.165. The monoisotopic (exact) mass is 380 g/mol. The zero-order valence-corrected chi connectivity index (χ0v) is 15.0. The smallest absolute Gasteiger partial charge is 0.271 e. The Morgan fingerprint density at radius 3 is 2.80 bits per heavy atom. The molecular weight excluding hydrogens is 363 g/mol. The van der Waals surface area contributed by atoms with Crippen LogP contribution in [0.1, 0.15) is 23.3 Å². The average molecular weight is 380 g/mol. The fourth-order valence-corrected chi connectivity index (χ4v) is 5.57. The fourth-order valence-electron chi connectivity index (χ4n) is 2.97. The molecule has 1 saturated carbocycles. The zero-order valence-electron chi connectivity index (χ0n) is 13.4. The summed E-state index contributed by atoms with van der Waals surface area (Å²) in [4.78, 5) is 15.0. The summed E-state index contributed by atoms with van der Waals surface area (Å²) in [5.74, 6) is -0.155. The van der Waals surface area contributed by atoms with Gasteiger partial charge < -0.3 is 4.90 Å². The quantitative estimate of drug-likeness (QED) is 0.887. The second-order valence-electron chi connectivity index (χ2n) is 6.41. The maximum absolute atomic E-state index is 13.2. The summed E-state index contributed by atoms with van der Waals surface area (Å²) < 4.78 is 41.0. The SMILES string of the molecule is O=C(C1CC1)N1CCc2sc(S(=O)(=O)Nc3cccc(F)c3)cc2C1. The number of amides is 1. The van der Waals surface area contributed by atoms with E-state index in [4.69, 9.17) is 0 Å². The molecule has 1 aromatic heterocycles. The number of halogens is 1. The number of nitrogens with zero attached hydrogens (tertiary/aromatic N) is 1. The molecule has 132 valence electrons. The third-order valence-electron chi connectivity index (χ3n) is 4.42. The van der Waals surface area contributed by atoms with Gasteiger partial charge in [-0.25, -0.2) is 12.8 Å². The van der Waals surface area contributed by atoms with E-state index < -0.39 is 15.8 Å². The van der Waals surface area contributed by atoms with Crippen molar-refractivity contribution in [2.24, 2.45) is 5.92 Å². The zero-order chi connectivity index (χ0) is 17.6. The summed E-state index contributed by atoms with van der Waals surface area (Å²) in [6.45, 7) is 1.11.